The van der Waals surface area contributed by atoms with E-state index in [1.165, 1.54) is 18.4 Å². The van der Waals surface area contributed by atoms with Crippen LogP contribution in [0.15, 0.2) is 30.3 Å². The number of rotatable bonds is 10. The maximum Gasteiger partial charge on any atom is 0.191 e. The summed E-state index contributed by atoms with van der Waals surface area (Å²) in [5.74, 6) is 0.637. The Balaban J connectivity index is 2.07. The summed E-state index contributed by atoms with van der Waals surface area (Å²) < 4.78 is 12.0. The molecule has 1 atom stereocenters. The topological polar surface area (TPSA) is 18.5 Å². The number of ether oxygens (including phenoxy) is 1. The molecule has 0 N–H and O–H groups in total. The maximum atomic E-state index is 6.30. The second-order valence-electron chi connectivity index (χ2n) is 8.21. The van der Waals surface area contributed by atoms with E-state index in [0.717, 1.165) is 26.2 Å². The molecule has 0 bridgehead atoms. The summed E-state index contributed by atoms with van der Waals surface area (Å²) in [5, 5.41) is 0.304. The van der Waals surface area contributed by atoms with Crippen molar-refractivity contribution in [3.05, 3.63) is 35.9 Å². The zero-order valence-electron chi connectivity index (χ0n) is 16.0. The molecule has 2 nitrogen and oxygen atoms in total. The van der Waals surface area contributed by atoms with Crippen LogP contribution in [0.25, 0.3) is 0 Å². The lowest BCUT2D eigenvalue weighted by atomic mass is 10.1. The zero-order chi connectivity index (χ0) is 17.3. The number of benzene rings is 1. The van der Waals surface area contributed by atoms with Gasteiger partial charge in [0.05, 0.1) is 6.61 Å². The fourth-order valence-electron chi connectivity index (χ4n) is 2.11. The Hall–Kier alpha value is -0.643. The van der Waals surface area contributed by atoms with Gasteiger partial charge in [-0.25, -0.2) is 0 Å². The normalized spacial score (nSPS) is 14.0. The van der Waals surface area contributed by atoms with Crippen LogP contribution in [0.1, 0.15) is 52.5 Å². The predicted octanol–water partition coefficient (Wildman–Crippen LogP) is 6.03. The maximum absolute atomic E-state index is 6.30. The van der Waals surface area contributed by atoms with Crippen LogP contribution in [-0.4, -0.2) is 21.5 Å². The van der Waals surface area contributed by atoms with Crippen LogP contribution in [0.3, 0.4) is 0 Å². The van der Waals surface area contributed by atoms with E-state index in [2.05, 4.69) is 65.1 Å². The van der Waals surface area contributed by atoms with Crippen LogP contribution >= 0.6 is 0 Å². The van der Waals surface area contributed by atoms with Gasteiger partial charge < -0.3 is 9.16 Å². The molecule has 0 saturated carbocycles. The van der Waals surface area contributed by atoms with E-state index in [1.54, 1.807) is 0 Å². The molecule has 1 rings (SSSR count). The number of hydrogen-bond donors (Lipinski definition) is 0. The highest BCUT2D eigenvalue weighted by Crippen LogP contribution is 2.36. The summed E-state index contributed by atoms with van der Waals surface area (Å²) in [7, 11) is -1.59. The molecule has 0 aliphatic carbocycles. The van der Waals surface area contributed by atoms with E-state index in [0.29, 0.717) is 11.0 Å². The minimum absolute atomic E-state index is 0.304. The molecule has 1 aromatic rings. The van der Waals surface area contributed by atoms with Crippen molar-refractivity contribution in [2.45, 2.75) is 71.7 Å². The van der Waals surface area contributed by atoms with Gasteiger partial charge in [0.15, 0.2) is 8.32 Å². The van der Waals surface area contributed by atoms with Crippen molar-refractivity contribution in [2.24, 2.45) is 5.92 Å². The van der Waals surface area contributed by atoms with Crippen molar-refractivity contribution in [1.29, 1.82) is 0 Å². The Kier molecular flexibility index (Phi) is 8.52. The average molecular weight is 337 g/mol. The molecule has 3 heteroatoms. The van der Waals surface area contributed by atoms with Gasteiger partial charge in [0.1, 0.15) is 0 Å². The van der Waals surface area contributed by atoms with E-state index >= 15 is 0 Å². The fourth-order valence-corrected chi connectivity index (χ4v) is 3.25. The summed E-state index contributed by atoms with van der Waals surface area (Å²) in [4.78, 5) is 0. The lowest BCUT2D eigenvalue weighted by Crippen LogP contribution is -2.41. The van der Waals surface area contributed by atoms with Crippen LogP contribution < -0.4 is 0 Å². The highest BCUT2D eigenvalue weighted by Gasteiger charge is 2.37. The van der Waals surface area contributed by atoms with Crippen molar-refractivity contribution in [3.63, 3.8) is 0 Å². The minimum atomic E-state index is -1.59. The van der Waals surface area contributed by atoms with Gasteiger partial charge in [0, 0.05) is 13.2 Å². The van der Waals surface area contributed by atoms with E-state index in [1.807, 2.05) is 6.07 Å². The molecule has 0 aromatic heterocycles. The zero-order valence-corrected chi connectivity index (χ0v) is 17.0. The van der Waals surface area contributed by atoms with Crippen molar-refractivity contribution >= 4 is 8.32 Å². The van der Waals surface area contributed by atoms with Gasteiger partial charge in [-0.1, -0.05) is 64.4 Å². The summed E-state index contributed by atoms with van der Waals surface area (Å²) in [6.07, 6.45) is 3.58. The molecular formula is C20H36O2Si. The van der Waals surface area contributed by atoms with Gasteiger partial charge in [-0.15, -0.1) is 0 Å². The van der Waals surface area contributed by atoms with Crippen LogP contribution in [-0.2, 0) is 15.8 Å². The Morgan fingerprint density at radius 2 is 1.70 bits per heavy atom. The standard InChI is InChI=1S/C20H36O2Si/c1-18(16-22-23(5,6)20(2,3)4)12-10-11-15-21-17-19-13-8-7-9-14-19/h7-9,13-14,18H,10-12,15-17H2,1-6H3. The van der Waals surface area contributed by atoms with Crippen LogP contribution in [0.2, 0.25) is 18.1 Å². The van der Waals surface area contributed by atoms with Crippen molar-refractivity contribution in [1.82, 2.24) is 0 Å². The molecule has 23 heavy (non-hydrogen) atoms. The Labute approximate surface area is 144 Å². The molecule has 0 heterocycles. The van der Waals surface area contributed by atoms with Gasteiger partial charge >= 0.3 is 0 Å². The van der Waals surface area contributed by atoms with Crippen molar-refractivity contribution < 1.29 is 9.16 Å². The van der Waals surface area contributed by atoms with Crippen LogP contribution in [0.4, 0.5) is 0 Å². The predicted molar refractivity (Wildman–Crippen MR) is 102 cm³/mol. The highest BCUT2D eigenvalue weighted by atomic mass is 28.4. The Morgan fingerprint density at radius 1 is 1.04 bits per heavy atom. The first kappa shape index (κ1) is 20.4. The summed E-state index contributed by atoms with van der Waals surface area (Å²) in [6.45, 7) is 16.3. The van der Waals surface area contributed by atoms with E-state index in [-0.39, 0.29) is 0 Å². The van der Waals surface area contributed by atoms with Gasteiger partial charge in [0.25, 0.3) is 0 Å². The SMILES string of the molecule is CC(CCCCOCc1ccccc1)CO[Si](C)(C)C(C)(C)C. The molecule has 0 aliphatic heterocycles. The van der Waals surface area contributed by atoms with Gasteiger partial charge in [-0.05, 0) is 42.5 Å². The molecule has 0 saturated heterocycles. The number of hydrogen-bond acceptors (Lipinski definition) is 2. The van der Waals surface area contributed by atoms with Gasteiger partial charge in [0.2, 0.25) is 0 Å². The first-order valence-electron chi connectivity index (χ1n) is 8.98. The molecule has 0 radical (unpaired) electrons. The molecule has 0 fully saturated rings. The molecule has 0 spiro atoms. The van der Waals surface area contributed by atoms with Gasteiger partial charge in [-0.3, -0.25) is 0 Å². The highest BCUT2D eigenvalue weighted by molar-refractivity contribution is 6.74. The largest absolute Gasteiger partial charge is 0.417 e. The third-order valence-corrected chi connectivity index (χ3v) is 9.38. The molecule has 1 aromatic carbocycles. The first-order valence-corrected chi connectivity index (χ1v) is 11.9. The molecular weight excluding hydrogens is 300 g/mol. The fraction of sp³-hybridized carbons (Fsp3) is 0.700. The first-order chi connectivity index (χ1) is 10.7. The molecule has 1 unspecified atom stereocenters. The summed E-state index contributed by atoms with van der Waals surface area (Å²) in [6, 6.07) is 10.4. The van der Waals surface area contributed by atoms with Crippen molar-refractivity contribution in [3.8, 4) is 0 Å². The van der Waals surface area contributed by atoms with Crippen molar-refractivity contribution in [2.75, 3.05) is 13.2 Å². The number of unbranched alkanes of at least 4 members (excludes halogenated alkanes) is 1. The van der Waals surface area contributed by atoms with Crippen LogP contribution in [0, 0.1) is 5.92 Å². The second-order valence-corrected chi connectivity index (χ2v) is 13.0. The second kappa shape index (κ2) is 9.60. The van der Waals surface area contributed by atoms with Crippen LogP contribution in [0.5, 0.6) is 0 Å². The van der Waals surface area contributed by atoms with E-state index in [4.69, 9.17) is 9.16 Å². The van der Waals surface area contributed by atoms with E-state index in [9.17, 15) is 0 Å². The molecule has 132 valence electrons. The monoisotopic (exact) mass is 336 g/mol. The molecule has 0 amide bonds. The minimum Gasteiger partial charge on any atom is -0.417 e. The summed E-state index contributed by atoms with van der Waals surface area (Å²) >= 11 is 0. The quantitative estimate of drug-likeness (QED) is 0.383. The average Bonchev–Trinajstić information content (AvgIpc) is 2.48. The third kappa shape index (κ3) is 8.14. The lowest BCUT2D eigenvalue weighted by Gasteiger charge is -2.37. The van der Waals surface area contributed by atoms with Gasteiger partial charge in [-0.2, -0.15) is 0 Å². The smallest absolute Gasteiger partial charge is 0.191 e. The lowest BCUT2D eigenvalue weighted by molar-refractivity contribution is 0.115. The summed E-state index contributed by atoms with van der Waals surface area (Å²) in [5.41, 5.74) is 1.25. The third-order valence-electron chi connectivity index (χ3n) is 4.88. The van der Waals surface area contributed by atoms with E-state index < -0.39 is 8.32 Å². The Morgan fingerprint density at radius 3 is 2.30 bits per heavy atom. The molecule has 0 aliphatic rings. The Bertz CT molecular complexity index is 423.